The molecule has 7 nitrogen and oxygen atoms in total. The van der Waals surface area contributed by atoms with Crippen LogP contribution in [0.1, 0.15) is 27.3 Å². The number of nitrogens with zero attached hydrogens (tertiary/aromatic N) is 5. The SMILES string of the molecule is Cn1nc(C(=O)O)c2c1CCN(Cc1cnn(-c3ccc(F)cc3)c1)C2. The average molecular weight is 355 g/mol. The van der Waals surface area contributed by atoms with Gasteiger partial charge in [0.15, 0.2) is 5.69 Å². The van der Waals surface area contributed by atoms with Crippen molar-refractivity contribution >= 4 is 5.97 Å². The number of carbonyl (C=O) groups is 1. The Balaban J connectivity index is 1.51. The Kier molecular flexibility index (Phi) is 4.04. The first-order valence-corrected chi connectivity index (χ1v) is 8.31. The molecule has 1 aliphatic rings. The quantitative estimate of drug-likeness (QED) is 0.775. The highest BCUT2D eigenvalue weighted by Gasteiger charge is 2.27. The molecule has 0 unspecified atom stereocenters. The number of aromatic nitrogens is 4. The lowest BCUT2D eigenvalue weighted by molar-refractivity contribution is 0.0687. The van der Waals surface area contributed by atoms with Crippen LogP contribution in [0.3, 0.4) is 0 Å². The van der Waals surface area contributed by atoms with Crippen molar-refractivity contribution < 1.29 is 14.3 Å². The predicted molar refractivity (Wildman–Crippen MR) is 91.5 cm³/mol. The van der Waals surface area contributed by atoms with Gasteiger partial charge in [-0.1, -0.05) is 0 Å². The fraction of sp³-hybridized carbons (Fsp3) is 0.278. The Hall–Kier alpha value is -3.00. The second-order valence-electron chi connectivity index (χ2n) is 6.43. The van der Waals surface area contributed by atoms with Gasteiger partial charge in [0.25, 0.3) is 0 Å². The molecule has 8 heteroatoms. The highest BCUT2D eigenvalue weighted by atomic mass is 19.1. The first-order valence-electron chi connectivity index (χ1n) is 8.31. The van der Waals surface area contributed by atoms with E-state index in [0.29, 0.717) is 13.1 Å². The molecule has 1 aliphatic heterocycles. The first-order chi connectivity index (χ1) is 12.5. The van der Waals surface area contributed by atoms with Crippen LogP contribution < -0.4 is 0 Å². The minimum atomic E-state index is -0.993. The minimum Gasteiger partial charge on any atom is -0.476 e. The van der Waals surface area contributed by atoms with Crippen LogP contribution in [0.4, 0.5) is 4.39 Å². The number of hydrogen-bond acceptors (Lipinski definition) is 4. The summed E-state index contributed by atoms with van der Waals surface area (Å²) in [7, 11) is 1.79. The van der Waals surface area contributed by atoms with Crippen molar-refractivity contribution in [2.75, 3.05) is 6.54 Å². The van der Waals surface area contributed by atoms with Crippen LogP contribution in [-0.2, 0) is 26.6 Å². The summed E-state index contributed by atoms with van der Waals surface area (Å²) in [5, 5.41) is 17.8. The molecule has 26 heavy (non-hydrogen) atoms. The average Bonchev–Trinajstić information content (AvgIpc) is 3.20. The van der Waals surface area contributed by atoms with E-state index in [9.17, 15) is 14.3 Å². The molecule has 0 radical (unpaired) electrons. The maximum absolute atomic E-state index is 13.0. The van der Waals surface area contributed by atoms with E-state index in [4.69, 9.17) is 0 Å². The van der Waals surface area contributed by atoms with E-state index in [0.717, 1.165) is 35.5 Å². The van der Waals surface area contributed by atoms with E-state index in [1.165, 1.54) is 12.1 Å². The van der Waals surface area contributed by atoms with Gasteiger partial charge in [-0.05, 0) is 24.3 Å². The third-order valence-corrected chi connectivity index (χ3v) is 4.66. The van der Waals surface area contributed by atoms with Gasteiger partial charge in [-0.25, -0.2) is 13.9 Å². The van der Waals surface area contributed by atoms with E-state index in [2.05, 4.69) is 15.1 Å². The van der Waals surface area contributed by atoms with E-state index < -0.39 is 5.97 Å². The highest BCUT2D eigenvalue weighted by molar-refractivity contribution is 5.87. The molecule has 0 bridgehead atoms. The number of carboxylic acids is 1. The number of benzene rings is 1. The summed E-state index contributed by atoms with van der Waals surface area (Å²) in [6.45, 7) is 2.04. The first kappa shape index (κ1) is 16.5. The van der Waals surface area contributed by atoms with Crippen molar-refractivity contribution in [3.05, 3.63) is 65.0 Å². The molecule has 2 aromatic heterocycles. The summed E-state index contributed by atoms with van der Waals surface area (Å²) in [6, 6.07) is 6.15. The third kappa shape index (κ3) is 2.99. The Morgan fingerprint density at radius 3 is 2.81 bits per heavy atom. The molecule has 0 amide bonds. The summed E-state index contributed by atoms with van der Waals surface area (Å²) in [5.41, 5.74) is 3.71. The van der Waals surface area contributed by atoms with Gasteiger partial charge in [0.1, 0.15) is 5.82 Å². The molecule has 0 fully saturated rings. The predicted octanol–water partition coefficient (Wildman–Crippen LogP) is 2.00. The van der Waals surface area contributed by atoms with Crippen molar-refractivity contribution in [2.24, 2.45) is 7.05 Å². The maximum atomic E-state index is 13.0. The van der Waals surface area contributed by atoms with Crippen molar-refractivity contribution in [3.63, 3.8) is 0 Å². The lowest BCUT2D eigenvalue weighted by Crippen LogP contribution is -2.31. The van der Waals surface area contributed by atoms with E-state index in [1.807, 2.05) is 6.20 Å². The molecule has 3 aromatic rings. The molecule has 134 valence electrons. The van der Waals surface area contributed by atoms with Crippen molar-refractivity contribution in [3.8, 4) is 5.69 Å². The van der Waals surface area contributed by atoms with Crippen LogP contribution in [0.25, 0.3) is 5.69 Å². The fourth-order valence-corrected chi connectivity index (χ4v) is 3.39. The standard InChI is InChI=1S/C18H18FN5O2/c1-22-16-6-7-23(11-15(16)17(21-22)18(25)26)9-12-8-20-24(10-12)14-4-2-13(19)3-5-14/h2-5,8,10H,6-7,9,11H2,1H3,(H,25,26). The van der Waals surface area contributed by atoms with Crippen LogP contribution >= 0.6 is 0 Å². The smallest absolute Gasteiger partial charge is 0.356 e. The normalized spacial score (nSPS) is 14.4. The Morgan fingerprint density at radius 1 is 1.31 bits per heavy atom. The number of aromatic carboxylic acids is 1. The van der Waals surface area contributed by atoms with Gasteiger partial charge in [-0.15, -0.1) is 0 Å². The topological polar surface area (TPSA) is 76.2 Å². The molecule has 0 saturated heterocycles. The number of aryl methyl sites for hydroxylation is 1. The number of halogens is 1. The van der Waals surface area contributed by atoms with Gasteiger partial charge in [-0.3, -0.25) is 9.58 Å². The lowest BCUT2D eigenvalue weighted by Gasteiger charge is -2.26. The monoisotopic (exact) mass is 355 g/mol. The zero-order valence-electron chi connectivity index (χ0n) is 14.3. The Morgan fingerprint density at radius 2 is 2.08 bits per heavy atom. The molecular weight excluding hydrogens is 337 g/mol. The lowest BCUT2D eigenvalue weighted by atomic mass is 10.0. The largest absolute Gasteiger partial charge is 0.476 e. The van der Waals surface area contributed by atoms with Crippen LogP contribution in [0, 0.1) is 5.82 Å². The molecule has 0 saturated carbocycles. The Bertz CT molecular complexity index is 961. The van der Waals surface area contributed by atoms with Gasteiger partial charge in [0.05, 0.1) is 11.9 Å². The summed E-state index contributed by atoms with van der Waals surface area (Å²) in [6.07, 6.45) is 4.45. The minimum absolute atomic E-state index is 0.134. The summed E-state index contributed by atoms with van der Waals surface area (Å²) in [5.74, 6) is -1.27. The van der Waals surface area contributed by atoms with Gasteiger partial charge in [0.2, 0.25) is 0 Å². The third-order valence-electron chi connectivity index (χ3n) is 4.66. The van der Waals surface area contributed by atoms with Gasteiger partial charge in [-0.2, -0.15) is 10.2 Å². The second kappa shape index (κ2) is 6.38. The van der Waals surface area contributed by atoms with Crippen LogP contribution in [-0.4, -0.2) is 42.1 Å². The summed E-state index contributed by atoms with van der Waals surface area (Å²) < 4.78 is 16.4. The molecule has 1 aromatic carbocycles. The summed E-state index contributed by atoms with van der Waals surface area (Å²) >= 11 is 0. The molecule has 0 aliphatic carbocycles. The van der Waals surface area contributed by atoms with Gasteiger partial charge in [0, 0.05) is 56.1 Å². The van der Waals surface area contributed by atoms with Crippen LogP contribution in [0.2, 0.25) is 0 Å². The van der Waals surface area contributed by atoms with E-state index in [-0.39, 0.29) is 11.5 Å². The van der Waals surface area contributed by atoms with Crippen LogP contribution in [0.15, 0.2) is 36.7 Å². The molecular formula is C18H18FN5O2. The zero-order valence-corrected chi connectivity index (χ0v) is 14.3. The zero-order chi connectivity index (χ0) is 18.3. The van der Waals surface area contributed by atoms with Crippen molar-refractivity contribution in [2.45, 2.75) is 19.5 Å². The number of fused-ring (bicyclic) bond motifs is 1. The van der Waals surface area contributed by atoms with Crippen molar-refractivity contribution in [1.82, 2.24) is 24.5 Å². The fourth-order valence-electron chi connectivity index (χ4n) is 3.39. The molecule has 4 rings (SSSR count). The summed E-state index contributed by atoms with van der Waals surface area (Å²) in [4.78, 5) is 13.6. The molecule has 0 spiro atoms. The number of rotatable bonds is 4. The highest BCUT2D eigenvalue weighted by Crippen LogP contribution is 2.23. The Labute approximate surface area is 149 Å². The van der Waals surface area contributed by atoms with Crippen molar-refractivity contribution in [1.29, 1.82) is 0 Å². The number of carboxylic acid groups (broad SMARTS) is 1. The van der Waals surface area contributed by atoms with E-state index >= 15 is 0 Å². The molecule has 3 heterocycles. The van der Waals surface area contributed by atoms with Gasteiger partial charge >= 0.3 is 5.97 Å². The number of hydrogen-bond donors (Lipinski definition) is 1. The molecule has 0 atom stereocenters. The molecule has 1 N–H and O–H groups in total. The van der Waals surface area contributed by atoms with Crippen LogP contribution in [0.5, 0.6) is 0 Å². The maximum Gasteiger partial charge on any atom is 0.356 e. The second-order valence-corrected chi connectivity index (χ2v) is 6.43. The van der Waals surface area contributed by atoms with Gasteiger partial charge < -0.3 is 5.11 Å². The van der Waals surface area contributed by atoms with E-state index in [1.54, 1.807) is 34.7 Å².